The molecule has 0 aliphatic heterocycles. The topological polar surface area (TPSA) is 26.0 Å². The molecule has 0 atom stereocenters. The molecule has 0 saturated carbocycles. The average Bonchev–Trinajstić information content (AvgIpc) is 1.80. The van der Waals surface area contributed by atoms with Crippen molar-refractivity contribution in [2.24, 2.45) is 0 Å². The zero-order valence-corrected chi connectivity index (χ0v) is 8.70. The number of hydrogen-bond donors (Lipinski definition) is 1. The highest BCUT2D eigenvalue weighted by molar-refractivity contribution is 14.1. The molecule has 0 aliphatic carbocycles. The number of halogens is 3. The molecule has 0 amide bonds. The van der Waals surface area contributed by atoms with Crippen LogP contribution in [0.3, 0.4) is 0 Å². The standard InChI is InChI=1S/C6H5ClIN.ClH/c7-4-1-2-6(9)5(8)3-4;/h1-3H,9H2;1H. The van der Waals surface area contributed by atoms with Crippen molar-refractivity contribution in [3.05, 3.63) is 26.8 Å². The van der Waals surface area contributed by atoms with Crippen molar-refractivity contribution in [1.82, 2.24) is 0 Å². The van der Waals surface area contributed by atoms with Gasteiger partial charge in [-0.25, -0.2) is 0 Å². The van der Waals surface area contributed by atoms with E-state index >= 15 is 0 Å². The number of anilines is 1. The number of rotatable bonds is 0. The van der Waals surface area contributed by atoms with Gasteiger partial charge >= 0.3 is 0 Å². The van der Waals surface area contributed by atoms with Crippen LogP contribution in [0.15, 0.2) is 18.2 Å². The Kier molecular flexibility index (Phi) is 4.40. The van der Waals surface area contributed by atoms with Gasteiger partial charge in [0.25, 0.3) is 0 Å². The van der Waals surface area contributed by atoms with Gasteiger partial charge in [0.1, 0.15) is 0 Å². The first-order chi connectivity index (χ1) is 4.20. The third-order valence-corrected chi connectivity index (χ3v) is 2.13. The Balaban J connectivity index is 0.000000810. The van der Waals surface area contributed by atoms with Crippen LogP contribution in [0.2, 0.25) is 5.02 Å². The van der Waals surface area contributed by atoms with Crippen LogP contribution in [0.4, 0.5) is 5.69 Å². The zero-order chi connectivity index (χ0) is 6.85. The van der Waals surface area contributed by atoms with E-state index in [9.17, 15) is 0 Å². The third-order valence-electron chi connectivity index (χ3n) is 0.962. The minimum atomic E-state index is 0. The quantitative estimate of drug-likeness (QED) is 0.577. The number of nitrogens with two attached hydrogens (primary N) is 1. The minimum absolute atomic E-state index is 0. The normalized spacial score (nSPS) is 8.60. The molecule has 1 aromatic carbocycles. The molecule has 1 nitrogen and oxygen atoms in total. The van der Waals surface area contributed by atoms with Gasteiger partial charge in [-0.1, -0.05) is 11.6 Å². The van der Waals surface area contributed by atoms with Crippen molar-refractivity contribution < 1.29 is 0 Å². The van der Waals surface area contributed by atoms with E-state index in [-0.39, 0.29) is 12.4 Å². The van der Waals surface area contributed by atoms with Crippen LogP contribution in [-0.4, -0.2) is 0 Å². The van der Waals surface area contributed by atoms with E-state index in [0.717, 1.165) is 14.3 Å². The summed E-state index contributed by atoms with van der Waals surface area (Å²) in [6, 6.07) is 5.40. The molecular formula is C6H6Cl2IN. The molecular weight excluding hydrogens is 284 g/mol. The molecule has 0 bridgehead atoms. The first-order valence-electron chi connectivity index (χ1n) is 2.40. The van der Waals surface area contributed by atoms with E-state index < -0.39 is 0 Å². The Bertz CT molecular complexity index is 227. The highest BCUT2D eigenvalue weighted by Crippen LogP contribution is 2.18. The fraction of sp³-hybridized carbons (Fsp3) is 0. The van der Waals surface area contributed by atoms with Crippen LogP contribution in [0, 0.1) is 3.57 Å². The summed E-state index contributed by atoms with van der Waals surface area (Å²) in [5.74, 6) is 0. The molecule has 0 unspecified atom stereocenters. The minimum Gasteiger partial charge on any atom is -0.398 e. The highest BCUT2D eigenvalue weighted by Gasteiger charge is 1.92. The highest BCUT2D eigenvalue weighted by atomic mass is 127. The summed E-state index contributed by atoms with van der Waals surface area (Å²) in [5.41, 5.74) is 6.30. The van der Waals surface area contributed by atoms with Gasteiger partial charge in [-0.15, -0.1) is 12.4 Å². The van der Waals surface area contributed by atoms with Crippen LogP contribution in [-0.2, 0) is 0 Å². The first-order valence-corrected chi connectivity index (χ1v) is 3.86. The van der Waals surface area contributed by atoms with E-state index in [2.05, 4.69) is 22.6 Å². The van der Waals surface area contributed by atoms with E-state index in [0.29, 0.717) is 0 Å². The SMILES string of the molecule is Cl.Nc1ccc(Cl)cc1I. The summed E-state index contributed by atoms with van der Waals surface area (Å²) >= 11 is 7.80. The number of hydrogen-bond acceptors (Lipinski definition) is 1. The monoisotopic (exact) mass is 289 g/mol. The van der Waals surface area contributed by atoms with Gasteiger partial charge < -0.3 is 5.73 Å². The molecule has 1 aromatic rings. The fourth-order valence-electron chi connectivity index (χ4n) is 0.502. The molecule has 0 radical (unpaired) electrons. The fourth-order valence-corrected chi connectivity index (χ4v) is 1.37. The van der Waals surface area contributed by atoms with Crippen LogP contribution < -0.4 is 5.73 Å². The maximum Gasteiger partial charge on any atom is 0.0450 e. The summed E-state index contributed by atoms with van der Waals surface area (Å²) in [6.45, 7) is 0. The Morgan fingerprint density at radius 3 is 2.40 bits per heavy atom. The van der Waals surface area contributed by atoms with Crippen LogP contribution in [0.25, 0.3) is 0 Å². The molecule has 56 valence electrons. The molecule has 4 heteroatoms. The average molecular weight is 290 g/mol. The molecule has 0 spiro atoms. The van der Waals surface area contributed by atoms with Gasteiger partial charge in [0, 0.05) is 14.3 Å². The van der Waals surface area contributed by atoms with Crippen molar-refractivity contribution in [1.29, 1.82) is 0 Å². The lowest BCUT2D eigenvalue weighted by Gasteiger charge is -1.95. The van der Waals surface area contributed by atoms with E-state index in [4.69, 9.17) is 17.3 Å². The van der Waals surface area contributed by atoms with Crippen LogP contribution in [0.1, 0.15) is 0 Å². The maximum absolute atomic E-state index is 5.66. The first kappa shape index (κ1) is 10.3. The van der Waals surface area contributed by atoms with Crippen LogP contribution in [0.5, 0.6) is 0 Å². The van der Waals surface area contributed by atoms with Crippen molar-refractivity contribution in [3.8, 4) is 0 Å². The van der Waals surface area contributed by atoms with E-state index in [1.54, 1.807) is 12.1 Å². The molecule has 0 saturated heterocycles. The lowest BCUT2D eigenvalue weighted by atomic mass is 10.3. The Hall–Kier alpha value is 0.330. The number of benzene rings is 1. The molecule has 10 heavy (non-hydrogen) atoms. The lowest BCUT2D eigenvalue weighted by Crippen LogP contribution is -1.86. The van der Waals surface area contributed by atoms with Crippen LogP contribution >= 0.6 is 46.6 Å². The summed E-state index contributed by atoms with van der Waals surface area (Å²) in [4.78, 5) is 0. The van der Waals surface area contributed by atoms with Gasteiger partial charge in [-0.2, -0.15) is 0 Å². The third kappa shape index (κ3) is 2.52. The second-order valence-electron chi connectivity index (χ2n) is 1.67. The van der Waals surface area contributed by atoms with E-state index in [1.807, 2.05) is 6.07 Å². The summed E-state index contributed by atoms with van der Waals surface area (Å²) < 4.78 is 1.00. The second-order valence-corrected chi connectivity index (χ2v) is 3.26. The van der Waals surface area contributed by atoms with Crippen molar-refractivity contribution in [2.75, 3.05) is 5.73 Å². The summed E-state index contributed by atoms with van der Waals surface area (Å²) in [7, 11) is 0. The molecule has 0 aliphatic rings. The number of nitrogen functional groups attached to an aromatic ring is 1. The molecule has 1 rings (SSSR count). The van der Waals surface area contributed by atoms with Gasteiger partial charge in [0.05, 0.1) is 0 Å². The predicted octanol–water partition coefficient (Wildman–Crippen LogP) is 2.95. The zero-order valence-electron chi connectivity index (χ0n) is 4.97. The van der Waals surface area contributed by atoms with Gasteiger partial charge in [-0.05, 0) is 40.8 Å². The van der Waals surface area contributed by atoms with E-state index in [1.165, 1.54) is 0 Å². The molecule has 0 fully saturated rings. The van der Waals surface area contributed by atoms with Gasteiger partial charge in [0.2, 0.25) is 0 Å². The van der Waals surface area contributed by atoms with Crippen molar-refractivity contribution in [3.63, 3.8) is 0 Å². The molecule has 2 N–H and O–H groups in total. The summed E-state index contributed by atoms with van der Waals surface area (Å²) in [6.07, 6.45) is 0. The lowest BCUT2D eigenvalue weighted by molar-refractivity contribution is 1.63. The van der Waals surface area contributed by atoms with Crippen molar-refractivity contribution >= 4 is 52.3 Å². The smallest absolute Gasteiger partial charge is 0.0450 e. The largest absolute Gasteiger partial charge is 0.398 e. The predicted molar refractivity (Wildman–Crippen MR) is 55.8 cm³/mol. The van der Waals surface area contributed by atoms with Gasteiger partial charge in [-0.3, -0.25) is 0 Å². The molecule has 0 heterocycles. The Morgan fingerprint density at radius 1 is 1.40 bits per heavy atom. The Morgan fingerprint density at radius 2 is 2.00 bits per heavy atom. The molecule has 0 aromatic heterocycles. The Labute approximate surface area is 84.5 Å². The maximum atomic E-state index is 5.66. The second kappa shape index (κ2) is 4.26. The van der Waals surface area contributed by atoms with Gasteiger partial charge in [0.15, 0.2) is 0 Å². The summed E-state index contributed by atoms with van der Waals surface area (Å²) in [5, 5.41) is 0.730. The van der Waals surface area contributed by atoms with Crippen molar-refractivity contribution in [2.45, 2.75) is 0 Å².